The Bertz CT molecular complexity index is 545. The molecule has 2 amide bonds. The van der Waals surface area contributed by atoms with Gasteiger partial charge < -0.3 is 15.3 Å². The van der Waals surface area contributed by atoms with Gasteiger partial charge in [0.25, 0.3) is 5.91 Å². The molecule has 1 unspecified atom stereocenters. The van der Waals surface area contributed by atoms with Crippen LogP contribution in [0.1, 0.15) is 30.6 Å². The summed E-state index contributed by atoms with van der Waals surface area (Å²) in [6, 6.07) is 4.51. The molecule has 1 aromatic rings. The van der Waals surface area contributed by atoms with Crippen molar-refractivity contribution in [3.63, 3.8) is 0 Å². The van der Waals surface area contributed by atoms with Gasteiger partial charge in [0.1, 0.15) is 11.9 Å². The summed E-state index contributed by atoms with van der Waals surface area (Å²) in [5.41, 5.74) is 0.307. The van der Waals surface area contributed by atoms with Gasteiger partial charge in [-0.1, -0.05) is 13.8 Å². The zero-order valence-electron chi connectivity index (χ0n) is 12.8. The molecule has 0 spiro atoms. The van der Waals surface area contributed by atoms with Gasteiger partial charge in [0.15, 0.2) is 0 Å². The molecule has 2 rings (SSSR count). The van der Waals surface area contributed by atoms with Crippen molar-refractivity contribution >= 4 is 11.8 Å². The first kappa shape index (κ1) is 16.4. The fourth-order valence-electron chi connectivity index (χ4n) is 2.48. The minimum atomic E-state index is -0.664. The average Bonchev–Trinajstić information content (AvgIpc) is 2.91. The molecule has 1 heterocycles. The molecule has 2 atom stereocenters. The standard InChI is InChI=1S/C16H21FN2O3/c1-10(2)14(16(22)19-8-7-13(20)9-19)18-15(21)11-3-5-12(17)6-4-11/h3-6,10,13-14,20H,7-9H2,1-2H3,(H,18,21)/t13-,14?/m1/s1. The van der Waals surface area contributed by atoms with Crippen molar-refractivity contribution in [3.05, 3.63) is 35.6 Å². The van der Waals surface area contributed by atoms with E-state index in [1.165, 1.54) is 24.3 Å². The maximum atomic E-state index is 12.9. The number of hydrogen-bond donors (Lipinski definition) is 2. The minimum Gasteiger partial charge on any atom is -0.391 e. The van der Waals surface area contributed by atoms with E-state index < -0.39 is 23.9 Å². The molecule has 1 aromatic carbocycles. The Labute approximate surface area is 129 Å². The third-order valence-electron chi connectivity index (χ3n) is 3.80. The molecule has 2 N–H and O–H groups in total. The van der Waals surface area contributed by atoms with Crippen LogP contribution in [0.2, 0.25) is 0 Å². The number of benzene rings is 1. The Morgan fingerprint density at radius 3 is 2.45 bits per heavy atom. The van der Waals surface area contributed by atoms with E-state index >= 15 is 0 Å². The van der Waals surface area contributed by atoms with E-state index in [0.29, 0.717) is 25.1 Å². The molecule has 0 radical (unpaired) electrons. The highest BCUT2D eigenvalue weighted by Crippen LogP contribution is 2.14. The van der Waals surface area contributed by atoms with E-state index in [9.17, 15) is 19.1 Å². The fourth-order valence-corrected chi connectivity index (χ4v) is 2.48. The number of aliphatic hydroxyl groups is 1. The molecule has 0 saturated carbocycles. The third kappa shape index (κ3) is 3.82. The second kappa shape index (κ2) is 6.87. The summed E-state index contributed by atoms with van der Waals surface area (Å²) in [5.74, 6) is -1.11. The van der Waals surface area contributed by atoms with Gasteiger partial charge >= 0.3 is 0 Å². The molecule has 0 aliphatic carbocycles. The van der Waals surface area contributed by atoms with Gasteiger partial charge in [-0.05, 0) is 36.6 Å². The molecule has 0 bridgehead atoms. The first-order valence-electron chi connectivity index (χ1n) is 7.41. The van der Waals surface area contributed by atoms with Crippen molar-refractivity contribution in [1.29, 1.82) is 0 Å². The number of β-amino-alcohol motifs (C(OH)–C–C–N with tert-alkyl or cyclic N) is 1. The van der Waals surface area contributed by atoms with Crippen molar-refractivity contribution in [2.45, 2.75) is 32.4 Å². The summed E-state index contributed by atoms with van der Waals surface area (Å²) in [4.78, 5) is 26.3. The zero-order valence-corrected chi connectivity index (χ0v) is 12.8. The lowest BCUT2D eigenvalue weighted by molar-refractivity contribution is -0.133. The molecule has 120 valence electrons. The van der Waals surface area contributed by atoms with Crippen LogP contribution in [0, 0.1) is 11.7 Å². The highest BCUT2D eigenvalue weighted by molar-refractivity contribution is 5.97. The van der Waals surface area contributed by atoms with Gasteiger partial charge in [-0.25, -0.2) is 4.39 Å². The first-order chi connectivity index (χ1) is 10.4. The number of amides is 2. The molecule has 5 nitrogen and oxygen atoms in total. The van der Waals surface area contributed by atoms with Crippen LogP contribution in [0.5, 0.6) is 0 Å². The molecule has 1 saturated heterocycles. The number of likely N-dealkylation sites (tertiary alicyclic amines) is 1. The van der Waals surface area contributed by atoms with Crippen LogP contribution in [0.3, 0.4) is 0 Å². The predicted molar refractivity (Wildman–Crippen MR) is 79.7 cm³/mol. The second-order valence-corrected chi connectivity index (χ2v) is 5.93. The summed E-state index contributed by atoms with van der Waals surface area (Å²) >= 11 is 0. The Kier molecular flexibility index (Phi) is 5.13. The van der Waals surface area contributed by atoms with Crippen molar-refractivity contribution in [3.8, 4) is 0 Å². The van der Waals surface area contributed by atoms with Crippen LogP contribution in [0.4, 0.5) is 4.39 Å². The highest BCUT2D eigenvalue weighted by atomic mass is 19.1. The SMILES string of the molecule is CC(C)C(NC(=O)c1ccc(F)cc1)C(=O)N1CC[C@@H](O)C1. The Morgan fingerprint density at radius 1 is 1.32 bits per heavy atom. The summed E-state index contributed by atoms with van der Waals surface area (Å²) in [6.07, 6.45) is 0.0622. The van der Waals surface area contributed by atoms with Crippen molar-refractivity contribution in [2.24, 2.45) is 5.92 Å². The van der Waals surface area contributed by atoms with Gasteiger partial charge in [-0.2, -0.15) is 0 Å². The second-order valence-electron chi connectivity index (χ2n) is 5.93. The number of carbonyl (C=O) groups excluding carboxylic acids is 2. The van der Waals surface area contributed by atoms with Crippen LogP contribution < -0.4 is 5.32 Å². The molecule has 1 aliphatic heterocycles. The number of aliphatic hydroxyl groups excluding tert-OH is 1. The lowest BCUT2D eigenvalue weighted by Crippen LogP contribution is -2.50. The maximum absolute atomic E-state index is 12.9. The number of rotatable bonds is 4. The van der Waals surface area contributed by atoms with E-state index in [1.54, 1.807) is 4.90 Å². The van der Waals surface area contributed by atoms with Gasteiger partial charge in [0.2, 0.25) is 5.91 Å². The first-order valence-corrected chi connectivity index (χ1v) is 7.41. The summed E-state index contributed by atoms with van der Waals surface area (Å²) in [7, 11) is 0. The predicted octanol–water partition coefficient (Wildman–Crippen LogP) is 1.17. The molecule has 1 fully saturated rings. The van der Waals surface area contributed by atoms with Crippen LogP contribution in [-0.4, -0.2) is 47.1 Å². The van der Waals surface area contributed by atoms with Crippen LogP contribution in [0.25, 0.3) is 0 Å². The molecule has 0 aromatic heterocycles. The Balaban J connectivity index is 2.06. The number of hydrogen-bond acceptors (Lipinski definition) is 3. The number of nitrogens with zero attached hydrogens (tertiary/aromatic N) is 1. The van der Waals surface area contributed by atoms with E-state index in [1.807, 2.05) is 13.8 Å². The lowest BCUT2D eigenvalue weighted by Gasteiger charge is -2.26. The van der Waals surface area contributed by atoms with Gasteiger partial charge in [-0.3, -0.25) is 9.59 Å². The smallest absolute Gasteiger partial charge is 0.251 e. The van der Waals surface area contributed by atoms with Gasteiger partial charge in [-0.15, -0.1) is 0 Å². The van der Waals surface area contributed by atoms with Crippen LogP contribution in [-0.2, 0) is 4.79 Å². The summed E-state index contributed by atoms with van der Waals surface area (Å²) < 4.78 is 12.9. The van der Waals surface area contributed by atoms with Gasteiger partial charge in [0, 0.05) is 18.7 Å². The Morgan fingerprint density at radius 2 is 1.95 bits per heavy atom. The summed E-state index contributed by atoms with van der Waals surface area (Å²) in [5, 5.41) is 12.2. The normalized spacial score (nSPS) is 19.3. The van der Waals surface area contributed by atoms with Crippen molar-refractivity contribution < 1.29 is 19.1 Å². The van der Waals surface area contributed by atoms with E-state index in [-0.39, 0.29) is 11.8 Å². The largest absolute Gasteiger partial charge is 0.391 e. The molecule has 6 heteroatoms. The number of halogens is 1. The van der Waals surface area contributed by atoms with Crippen LogP contribution in [0.15, 0.2) is 24.3 Å². The molecular weight excluding hydrogens is 287 g/mol. The summed E-state index contributed by atoms with van der Waals surface area (Å²) in [6.45, 7) is 4.49. The lowest BCUT2D eigenvalue weighted by atomic mass is 10.0. The zero-order chi connectivity index (χ0) is 16.3. The quantitative estimate of drug-likeness (QED) is 0.877. The average molecular weight is 308 g/mol. The number of nitrogens with one attached hydrogen (secondary N) is 1. The van der Waals surface area contributed by atoms with Crippen molar-refractivity contribution in [2.75, 3.05) is 13.1 Å². The van der Waals surface area contributed by atoms with E-state index in [2.05, 4.69) is 5.32 Å². The van der Waals surface area contributed by atoms with E-state index in [0.717, 1.165) is 0 Å². The third-order valence-corrected chi connectivity index (χ3v) is 3.80. The van der Waals surface area contributed by atoms with E-state index in [4.69, 9.17) is 0 Å². The highest BCUT2D eigenvalue weighted by Gasteiger charge is 2.32. The van der Waals surface area contributed by atoms with Crippen molar-refractivity contribution in [1.82, 2.24) is 10.2 Å². The fraction of sp³-hybridized carbons (Fsp3) is 0.500. The maximum Gasteiger partial charge on any atom is 0.251 e. The number of carbonyl (C=O) groups is 2. The Hall–Kier alpha value is -1.95. The topological polar surface area (TPSA) is 69.6 Å². The molecule has 22 heavy (non-hydrogen) atoms. The molecular formula is C16H21FN2O3. The minimum absolute atomic E-state index is 0.0883. The molecule has 1 aliphatic rings. The monoisotopic (exact) mass is 308 g/mol. The van der Waals surface area contributed by atoms with Gasteiger partial charge in [0.05, 0.1) is 6.10 Å². The van der Waals surface area contributed by atoms with Crippen LogP contribution >= 0.6 is 0 Å².